The Morgan fingerprint density at radius 1 is 1.47 bits per heavy atom. The van der Waals surface area contributed by atoms with Crippen molar-refractivity contribution in [2.24, 2.45) is 0 Å². The van der Waals surface area contributed by atoms with Crippen molar-refractivity contribution in [3.63, 3.8) is 0 Å². The molecule has 1 aromatic rings. The van der Waals surface area contributed by atoms with E-state index in [9.17, 15) is 4.79 Å². The molecule has 1 fully saturated rings. The van der Waals surface area contributed by atoms with E-state index in [0.717, 1.165) is 18.5 Å². The zero-order valence-corrected chi connectivity index (χ0v) is 8.87. The number of nitrogen functional groups attached to an aromatic ring is 1. The maximum atomic E-state index is 11.7. The summed E-state index contributed by atoms with van der Waals surface area (Å²) in [5.41, 5.74) is 7.63. The van der Waals surface area contributed by atoms with Crippen molar-refractivity contribution in [1.82, 2.24) is 15.3 Å². The minimum Gasteiger partial charge on any atom is -0.368 e. The highest BCUT2D eigenvalue weighted by Gasteiger charge is 2.31. The van der Waals surface area contributed by atoms with E-state index in [4.69, 9.17) is 5.73 Å². The van der Waals surface area contributed by atoms with Crippen molar-refractivity contribution in [2.45, 2.75) is 25.7 Å². The summed E-state index contributed by atoms with van der Waals surface area (Å²) in [6.45, 7) is 1.79. The molecule has 1 aliphatic rings. The SMILES string of the molecule is CNC(=O)c1c(C)nc(N)nc1C1CC1. The van der Waals surface area contributed by atoms with Crippen LogP contribution in [0.3, 0.4) is 0 Å². The second kappa shape index (κ2) is 3.49. The predicted octanol–water partition coefficient (Wildman–Crippen LogP) is 0.604. The second-order valence-corrected chi connectivity index (χ2v) is 3.78. The van der Waals surface area contributed by atoms with Crippen molar-refractivity contribution >= 4 is 11.9 Å². The normalized spacial score (nSPS) is 15.1. The minimum atomic E-state index is -0.130. The number of carbonyl (C=O) groups is 1. The van der Waals surface area contributed by atoms with Gasteiger partial charge < -0.3 is 11.1 Å². The smallest absolute Gasteiger partial charge is 0.254 e. The van der Waals surface area contributed by atoms with Crippen LogP contribution in [0, 0.1) is 6.92 Å². The first kappa shape index (κ1) is 9.89. The lowest BCUT2D eigenvalue weighted by atomic mass is 10.1. The van der Waals surface area contributed by atoms with E-state index in [-0.39, 0.29) is 11.9 Å². The number of anilines is 1. The van der Waals surface area contributed by atoms with Crippen LogP contribution in [0.1, 0.15) is 40.5 Å². The Labute approximate surface area is 88.1 Å². The van der Waals surface area contributed by atoms with E-state index >= 15 is 0 Å². The molecule has 5 heteroatoms. The van der Waals surface area contributed by atoms with Gasteiger partial charge in [-0.05, 0) is 19.8 Å². The fourth-order valence-corrected chi connectivity index (χ4v) is 1.68. The molecule has 80 valence electrons. The number of nitrogens with two attached hydrogens (primary N) is 1. The summed E-state index contributed by atoms with van der Waals surface area (Å²) in [6, 6.07) is 0. The van der Waals surface area contributed by atoms with Crippen molar-refractivity contribution in [3.8, 4) is 0 Å². The van der Waals surface area contributed by atoms with Crippen molar-refractivity contribution in [3.05, 3.63) is 17.0 Å². The van der Waals surface area contributed by atoms with Gasteiger partial charge in [-0.25, -0.2) is 9.97 Å². The third-order valence-electron chi connectivity index (χ3n) is 2.55. The van der Waals surface area contributed by atoms with E-state index in [0.29, 0.717) is 17.2 Å². The lowest BCUT2D eigenvalue weighted by Crippen LogP contribution is -2.22. The molecule has 0 aliphatic heterocycles. The lowest BCUT2D eigenvalue weighted by molar-refractivity contribution is 0.0960. The largest absolute Gasteiger partial charge is 0.368 e. The summed E-state index contributed by atoms with van der Waals surface area (Å²) < 4.78 is 0. The molecule has 0 unspecified atom stereocenters. The minimum absolute atomic E-state index is 0.130. The molecule has 1 saturated carbocycles. The number of hydrogen-bond donors (Lipinski definition) is 2. The van der Waals surface area contributed by atoms with Gasteiger partial charge in [0.15, 0.2) is 0 Å². The van der Waals surface area contributed by atoms with Gasteiger partial charge in [-0.3, -0.25) is 4.79 Å². The van der Waals surface area contributed by atoms with Crippen LogP contribution in [0.25, 0.3) is 0 Å². The molecular formula is C10H14N4O. The summed E-state index contributed by atoms with van der Waals surface area (Å²) in [5, 5.41) is 2.60. The van der Waals surface area contributed by atoms with Gasteiger partial charge in [0.1, 0.15) is 0 Å². The molecule has 0 saturated heterocycles. The maximum absolute atomic E-state index is 11.7. The molecule has 1 heterocycles. The van der Waals surface area contributed by atoms with Crippen LogP contribution in [0.4, 0.5) is 5.95 Å². The lowest BCUT2D eigenvalue weighted by Gasteiger charge is -2.09. The molecule has 0 bridgehead atoms. The van der Waals surface area contributed by atoms with Crippen LogP contribution < -0.4 is 11.1 Å². The Balaban J connectivity index is 2.53. The van der Waals surface area contributed by atoms with Crippen LogP contribution >= 0.6 is 0 Å². The Hall–Kier alpha value is -1.65. The molecule has 0 spiro atoms. The van der Waals surface area contributed by atoms with Gasteiger partial charge >= 0.3 is 0 Å². The number of amides is 1. The summed E-state index contributed by atoms with van der Waals surface area (Å²) >= 11 is 0. The molecule has 3 N–H and O–H groups in total. The number of aromatic nitrogens is 2. The molecule has 2 rings (SSSR count). The van der Waals surface area contributed by atoms with Gasteiger partial charge in [-0.2, -0.15) is 0 Å². The summed E-state index contributed by atoms with van der Waals surface area (Å²) in [6.07, 6.45) is 2.17. The van der Waals surface area contributed by atoms with E-state index in [1.54, 1.807) is 14.0 Å². The summed E-state index contributed by atoms with van der Waals surface area (Å²) in [7, 11) is 1.61. The van der Waals surface area contributed by atoms with Gasteiger partial charge in [0.2, 0.25) is 5.95 Å². The number of nitrogens with one attached hydrogen (secondary N) is 1. The van der Waals surface area contributed by atoms with Crippen LogP contribution in [-0.4, -0.2) is 22.9 Å². The predicted molar refractivity (Wildman–Crippen MR) is 56.5 cm³/mol. The molecule has 1 aliphatic carbocycles. The Bertz CT molecular complexity index is 412. The van der Waals surface area contributed by atoms with Gasteiger partial charge in [-0.15, -0.1) is 0 Å². The van der Waals surface area contributed by atoms with E-state index in [1.165, 1.54) is 0 Å². The van der Waals surface area contributed by atoms with E-state index in [1.807, 2.05) is 0 Å². The first-order valence-corrected chi connectivity index (χ1v) is 4.99. The number of rotatable bonds is 2. The molecule has 0 aromatic carbocycles. The third kappa shape index (κ3) is 1.77. The third-order valence-corrected chi connectivity index (χ3v) is 2.55. The fraction of sp³-hybridized carbons (Fsp3) is 0.500. The monoisotopic (exact) mass is 206 g/mol. The first-order valence-electron chi connectivity index (χ1n) is 4.99. The zero-order valence-electron chi connectivity index (χ0n) is 8.87. The summed E-state index contributed by atoms with van der Waals surface area (Å²) in [5.74, 6) is 0.512. The van der Waals surface area contributed by atoms with Crippen LogP contribution in [0.15, 0.2) is 0 Å². The van der Waals surface area contributed by atoms with Crippen molar-refractivity contribution in [1.29, 1.82) is 0 Å². The average molecular weight is 206 g/mol. The number of hydrogen-bond acceptors (Lipinski definition) is 4. The van der Waals surface area contributed by atoms with Gasteiger partial charge in [0.25, 0.3) is 5.91 Å². The van der Waals surface area contributed by atoms with Gasteiger partial charge in [0, 0.05) is 13.0 Å². The Kier molecular flexibility index (Phi) is 2.30. The molecule has 1 amide bonds. The van der Waals surface area contributed by atoms with Crippen molar-refractivity contribution in [2.75, 3.05) is 12.8 Å². The fourth-order valence-electron chi connectivity index (χ4n) is 1.68. The Morgan fingerprint density at radius 3 is 2.67 bits per heavy atom. The molecule has 1 aromatic heterocycles. The van der Waals surface area contributed by atoms with Crippen LogP contribution in [0.2, 0.25) is 0 Å². The topological polar surface area (TPSA) is 80.9 Å². The number of aryl methyl sites for hydroxylation is 1. The molecule has 0 atom stereocenters. The van der Waals surface area contributed by atoms with Gasteiger partial charge in [-0.1, -0.05) is 0 Å². The van der Waals surface area contributed by atoms with Gasteiger partial charge in [0.05, 0.1) is 17.0 Å². The second-order valence-electron chi connectivity index (χ2n) is 3.78. The first-order chi connectivity index (χ1) is 7.13. The molecule has 15 heavy (non-hydrogen) atoms. The van der Waals surface area contributed by atoms with E-state index in [2.05, 4.69) is 15.3 Å². The number of carbonyl (C=O) groups excluding carboxylic acids is 1. The maximum Gasteiger partial charge on any atom is 0.254 e. The van der Waals surface area contributed by atoms with Crippen LogP contribution in [-0.2, 0) is 0 Å². The molecular weight excluding hydrogens is 192 g/mol. The standard InChI is InChI=1S/C10H14N4O/c1-5-7(9(15)12-2)8(6-3-4-6)14-10(11)13-5/h6H,3-4H2,1-2H3,(H,12,15)(H2,11,13,14). The molecule has 5 nitrogen and oxygen atoms in total. The Morgan fingerprint density at radius 2 is 2.13 bits per heavy atom. The van der Waals surface area contributed by atoms with E-state index < -0.39 is 0 Å². The zero-order chi connectivity index (χ0) is 11.0. The summed E-state index contributed by atoms with van der Waals surface area (Å²) in [4.78, 5) is 19.9. The quantitative estimate of drug-likeness (QED) is 0.742. The highest BCUT2D eigenvalue weighted by molar-refractivity contribution is 5.96. The highest BCUT2D eigenvalue weighted by Crippen LogP contribution is 2.41. The van der Waals surface area contributed by atoms with Crippen LogP contribution in [0.5, 0.6) is 0 Å². The van der Waals surface area contributed by atoms with Crippen molar-refractivity contribution < 1.29 is 4.79 Å². The average Bonchev–Trinajstić information content (AvgIpc) is 2.98. The number of nitrogens with zero attached hydrogens (tertiary/aromatic N) is 2. The highest BCUT2D eigenvalue weighted by atomic mass is 16.1. The molecule has 0 radical (unpaired) electrons.